The van der Waals surface area contributed by atoms with Crippen LogP contribution in [-0.2, 0) is 14.6 Å². The Morgan fingerprint density at radius 1 is 1.45 bits per heavy atom. The lowest BCUT2D eigenvalue weighted by Crippen LogP contribution is -2.47. The molecule has 1 fully saturated rings. The average Bonchev–Trinajstić information content (AvgIpc) is 2.97. The highest BCUT2D eigenvalue weighted by atomic mass is 32.2. The zero-order chi connectivity index (χ0) is 15.8. The first-order chi connectivity index (χ1) is 10.4. The maximum Gasteiger partial charge on any atom is 0.230 e. The van der Waals surface area contributed by atoms with Gasteiger partial charge < -0.3 is 5.32 Å². The smallest absolute Gasteiger partial charge is 0.230 e. The van der Waals surface area contributed by atoms with Gasteiger partial charge in [-0.2, -0.15) is 0 Å². The molecule has 3 heterocycles. The predicted molar refractivity (Wildman–Crippen MR) is 83.5 cm³/mol. The third kappa shape index (κ3) is 3.25. The van der Waals surface area contributed by atoms with Crippen molar-refractivity contribution in [3.8, 4) is 0 Å². The lowest BCUT2D eigenvalue weighted by atomic mass is 10.0. The van der Waals surface area contributed by atoms with Crippen LogP contribution in [0.5, 0.6) is 0 Å². The van der Waals surface area contributed by atoms with Crippen molar-refractivity contribution in [2.75, 3.05) is 17.3 Å². The number of hydrogen-bond donors (Lipinski definition) is 1. The van der Waals surface area contributed by atoms with Gasteiger partial charge in [0.25, 0.3) is 0 Å². The molecule has 1 saturated heterocycles. The van der Waals surface area contributed by atoms with Crippen molar-refractivity contribution in [2.24, 2.45) is 0 Å². The molecule has 0 bridgehead atoms. The number of thioether (sulfide) groups is 1. The highest BCUT2D eigenvalue weighted by Crippen LogP contribution is 2.23. The molecule has 2 aromatic rings. The Morgan fingerprint density at radius 3 is 3.00 bits per heavy atom. The van der Waals surface area contributed by atoms with Gasteiger partial charge in [-0.1, -0.05) is 17.8 Å². The van der Waals surface area contributed by atoms with Crippen LogP contribution in [0.4, 0.5) is 0 Å². The number of sulfone groups is 1. The number of nitrogens with one attached hydrogen (secondary N) is 1. The fourth-order valence-electron chi connectivity index (χ4n) is 2.53. The number of carbonyl (C=O) groups is 1. The monoisotopic (exact) mass is 340 g/mol. The van der Waals surface area contributed by atoms with E-state index >= 15 is 0 Å². The molecule has 0 saturated carbocycles. The van der Waals surface area contributed by atoms with Gasteiger partial charge in [-0.25, -0.2) is 8.42 Å². The average molecular weight is 340 g/mol. The Labute approximate surface area is 132 Å². The molecular formula is C13H16N4O3S2. The normalized spacial score (nSPS) is 23.7. The highest BCUT2D eigenvalue weighted by molar-refractivity contribution is 7.99. The second-order valence-corrected chi connectivity index (χ2v) is 8.78. The topological polar surface area (TPSA) is 93.4 Å². The number of aromatic nitrogens is 3. The SMILES string of the molecule is C[C@@]1(NC(=O)CSc2nnc3ccccn23)CCS(=O)(=O)C1. The minimum Gasteiger partial charge on any atom is -0.349 e. The number of pyridine rings is 1. The summed E-state index contributed by atoms with van der Waals surface area (Å²) in [6.07, 6.45) is 2.29. The van der Waals surface area contributed by atoms with Crippen molar-refractivity contribution in [3.05, 3.63) is 24.4 Å². The molecule has 0 aliphatic carbocycles. The Bertz CT molecular complexity index is 818. The van der Waals surface area contributed by atoms with E-state index in [9.17, 15) is 13.2 Å². The molecule has 1 atom stereocenters. The largest absolute Gasteiger partial charge is 0.349 e. The van der Waals surface area contributed by atoms with E-state index in [1.165, 1.54) is 11.8 Å². The molecule has 1 N–H and O–H groups in total. The summed E-state index contributed by atoms with van der Waals surface area (Å²) in [6, 6.07) is 5.57. The minimum atomic E-state index is -3.03. The molecule has 7 nitrogen and oxygen atoms in total. The molecule has 0 spiro atoms. The molecular weight excluding hydrogens is 324 g/mol. The first-order valence-electron chi connectivity index (χ1n) is 6.81. The predicted octanol–water partition coefficient (Wildman–Crippen LogP) is 0.515. The van der Waals surface area contributed by atoms with Crippen molar-refractivity contribution >= 4 is 33.2 Å². The van der Waals surface area contributed by atoms with Crippen molar-refractivity contribution in [1.82, 2.24) is 19.9 Å². The van der Waals surface area contributed by atoms with Crippen LogP contribution in [0, 0.1) is 0 Å². The summed E-state index contributed by atoms with van der Waals surface area (Å²) < 4.78 is 24.9. The summed E-state index contributed by atoms with van der Waals surface area (Å²) in [5, 5.41) is 11.5. The first kappa shape index (κ1) is 15.3. The number of amides is 1. The van der Waals surface area contributed by atoms with E-state index in [2.05, 4.69) is 15.5 Å². The molecule has 1 aliphatic rings. The van der Waals surface area contributed by atoms with Crippen LogP contribution in [-0.4, -0.2) is 51.7 Å². The summed E-state index contributed by atoms with van der Waals surface area (Å²) in [6.45, 7) is 1.77. The van der Waals surface area contributed by atoms with Crippen LogP contribution in [0.15, 0.2) is 29.6 Å². The fourth-order valence-corrected chi connectivity index (χ4v) is 5.35. The van der Waals surface area contributed by atoms with Gasteiger partial charge in [-0.05, 0) is 25.5 Å². The van der Waals surface area contributed by atoms with Crippen LogP contribution >= 0.6 is 11.8 Å². The molecule has 1 amide bonds. The zero-order valence-corrected chi connectivity index (χ0v) is 13.7. The summed E-state index contributed by atoms with van der Waals surface area (Å²) in [4.78, 5) is 12.1. The molecule has 3 rings (SSSR count). The second-order valence-electron chi connectivity index (χ2n) is 5.65. The summed E-state index contributed by atoms with van der Waals surface area (Å²) in [5.74, 6) is 0.110. The quantitative estimate of drug-likeness (QED) is 0.816. The van der Waals surface area contributed by atoms with E-state index in [4.69, 9.17) is 0 Å². The van der Waals surface area contributed by atoms with Crippen LogP contribution in [0.25, 0.3) is 5.65 Å². The van der Waals surface area contributed by atoms with Crippen LogP contribution < -0.4 is 5.32 Å². The van der Waals surface area contributed by atoms with Gasteiger partial charge >= 0.3 is 0 Å². The molecule has 0 radical (unpaired) electrons. The van der Waals surface area contributed by atoms with Gasteiger partial charge in [-0.15, -0.1) is 10.2 Å². The fraction of sp³-hybridized carbons (Fsp3) is 0.462. The van der Waals surface area contributed by atoms with E-state index in [1.807, 2.05) is 24.4 Å². The zero-order valence-electron chi connectivity index (χ0n) is 12.0. The molecule has 0 unspecified atom stereocenters. The third-order valence-corrected chi connectivity index (χ3v) is 6.41. The highest BCUT2D eigenvalue weighted by Gasteiger charge is 2.39. The Balaban J connectivity index is 1.61. The maximum atomic E-state index is 12.1. The van der Waals surface area contributed by atoms with Crippen molar-refractivity contribution < 1.29 is 13.2 Å². The van der Waals surface area contributed by atoms with Gasteiger partial charge in [0.1, 0.15) is 0 Å². The summed E-state index contributed by atoms with van der Waals surface area (Å²) in [5.41, 5.74) is 0.0582. The number of fused-ring (bicyclic) bond motifs is 1. The van der Waals surface area contributed by atoms with Gasteiger partial charge in [0.05, 0.1) is 22.8 Å². The van der Waals surface area contributed by atoms with E-state index in [1.54, 1.807) is 11.3 Å². The number of rotatable bonds is 4. The second kappa shape index (κ2) is 5.54. The van der Waals surface area contributed by atoms with Crippen LogP contribution in [0.2, 0.25) is 0 Å². The number of nitrogens with zero attached hydrogens (tertiary/aromatic N) is 3. The molecule has 0 aromatic carbocycles. The summed E-state index contributed by atoms with van der Waals surface area (Å²) in [7, 11) is -3.03. The molecule has 118 valence electrons. The molecule has 2 aromatic heterocycles. The van der Waals surface area contributed by atoms with Crippen LogP contribution in [0.3, 0.4) is 0 Å². The number of hydrogen-bond acceptors (Lipinski definition) is 6. The molecule has 9 heteroatoms. The standard InChI is InChI=1S/C13H16N4O3S2/c1-13(5-7-22(19,20)9-13)14-11(18)8-21-12-16-15-10-4-2-3-6-17(10)12/h2-4,6H,5,7-9H2,1H3,(H,14,18)/t13-/m1/s1. The minimum absolute atomic E-state index is 0.00424. The number of carbonyl (C=O) groups excluding carboxylic acids is 1. The Kier molecular flexibility index (Phi) is 3.85. The summed E-state index contributed by atoms with van der Waals surface area (Å²) >= 11 is 1.27. The van der Waals surface area contributed by atoms with E-state index in [-0.39, 0.29) is 23.2 Å². The van der Waals surface area contributed by atoms with Crippen molar-refractivity contribution in [3.63, 3.8) is 0 Å². The van der Waals surface area contributed by atoms with E-state index in [0.29, 0.717) is 11.6 Å². The third-order valence-electron chi connectivity index (χ3n) is 3.56. The van der Waals surface area contributed by atoms with E-state index < -0.39 is 15.4 Å². The van der Waals surface area contributed by atoms with Gasteiger partial charge in [-0.3, -0.25) is 9.20 Å². The lowest BCUT2D eigenvalue weighted by molar-refractivity contribution is -0.120. The Hall–Kier alpha value is -1.61. The Morgan fingerprint density at radius 2 is 2.27 bits per heavy atom. The van der Waals surface area contributed by atoms with E-state index in [0.717, 1.165) is 5.65 Å². The van der Waals surface area contributed by atoms with Crippen LogP contribution in [0.1, 0.15) is 13.3 Å². The van der Waals surface area contributed by atoms with Crippen molar-refractivity contribution in [2.45, 2.75) is 24.0 Å². The van der Waals surface area contributed by atoms with Gasteiger partial charge in [0.2, 0.25) is 5.91 Å². The van der Waals surface area contributed by atoms with Gasteiger partial charge in [0.15, 0.2) is 20.6 Å². The molecule has 22 heavy (non-hydrogen) atoms. The lowest BCUT2D eigenvalue weighted by Gasteiger charge is -2.23. The first-order valence-corrected chi connectivity index (χ1v) is 9.62. The maximum absolute atomic E-state index is 12.1. The van der Waals surface area contributed by atoms with Gasteiger partial charge in [0, 0.05) is 6.20 Å². The molecule has 1 aliphatic heterocycles. The van der Waals surface area contributed by atoms with Crippen molar-refractivity contribution in [1.29, 1.82) is 0 Å².